The van der Waals surface area contributed by atoms with Crippen molar-refractivity contribution in [3.63, 3.8) is 0 Å². The molecule has 1 aromatic carbocycles. The molecular formula is C13H14N4O. The van der Waals surface area contributed by atoms with Gasteiger partial charge < -0.3 is 4.74 Å². The number of unbranched alkanes of at least 4 members (excludes halogenated alkanes) is 1. The number of rotatable bonds is 4. The number of nitrogens with zero attached hydrogens (tertiary/aromatic N) is 4. The van der Waals surface area contributed by atoms with Gasteiger partial charge in [-0.3, -0.25) is 0 Å². The fourth-order valence-corrected chi connectivity index (χ4v) is 1.88. The Morgan fingerprint density at radius 3 is 3.11 bits per heavy atom. The monoisotopic (exact) mass is 242 g/mol. The summed E-state index contributed by atoms with van der Waals surface area (Å²) < 4.78 is 7.36. The van der Waals surface area contributed by atoms with E-state index in [1.807, 2.05) is 18.2 Å². The lowest BCUT2D eigenvalue weighted by molar-refractivity contribution is 0.310. The van der Waals surface area contributed by atoms with Crippen LogP contribution in [0.2, 0.25) is 0 Å². The van der Waals surface area contributed by atoms with Crippen molar-refractivity contribution in [2.24, 2.45) is 0 Å². The van der Waals surface area contributed by atoms with Gasteiger partial charge in [0, 0.05) is 5.39 Å². The first-order valence-electron chi connectivity index (χ1n) is 6.09. The number of fused-ring (bicyclic) bond motifs is 3. The lowest BCUT2D eigenvalue weighted by atomic mass is 10.2. The number of ether oxygens (including phenoxy) is 1. The summed E-state index contributed by atoms with van der Waals surface area (Å²) in [5.41, 5.74) is 1.71. The molecule has 5 nitrogen and oxygen atoms in total. The van der Waals surface area contributed by atoms with Gasteiger partial charge in [0.25, 0.3) is 0 Å². The molecule has 18 heavy (non-hydrogen) atoms. The van der Waals surface area contributed by atoms with Crippen LogP contribution in [-0.4, -0.2) is 26.2 Å². The minimum atomic E-state index is 0.741. The van der Waals surface area contributed by atoms with Crippen LogP contribution >= 0.6 is 0 Å². The summed E-state index contributed by atoms with van der Waals surface area (Å²) in [5.74, 6) is 0.855. The number of aromatic nitrogens is 4. The van der Waals surface area contributed by atoms with Gasteiger partial charge in [0.2, 0.25) is 0 Å². The molecule has 0 aliphatic heterocycles. The standard InChI is InChI=1S/C13H14N4O/c1-2-3-6-18-10-4-5-12-11(7-10)13-14-8-16-17(13)9-15-12/h4-5,7-9H,2-3,6H2,1H3. The zero-order chi connectivity index (χ0) is 12.4. The average Bonchev–Trinajstić information content (AvgIpc) is 2.87. The summed E-state index contributed by atoms with van der Waals surface area (Å²) in [4.78, 5) is 8.56. The summed E-state index contributed by atoms with van der Waals surface area (Å²) in [5, 5.41) is 5.04. The zero-order valence-corrected chi connectivity index (χ0v) is 10.2. The predicted molar refractivity (Wildman–Crippen MR) is 68.7 cm³/mol. The molecule has 0 fully saturated rings. The van der Waals surface area contributed by atoms with Crippen molar-refractivity contribution in [3.8, 4) is 5.75 Å². The second-order valence-electron chi connectivity index (χ2n) is 4.15. The van der Waals surface area contributed by atoms with E-state index in [4.69, 9.17) is 4.74 Å². The van der Waals surface area contributed by atoms with Gasteiger partial charge in [0.1, 0.15) is 18.4 Å². The molecule has 0 unspecified atom stereocenters. The molecule has 0 saturated carbocycles. The van der Waals surface area contributed by atoms with E-state index in [0.29, 0.717) is 0 Å². The van der Waals surface area contributed by atoms with E-state index in [-0.39, 0.29) is 0 Å². The molecule has 2 aromatic heterocycles. The SMILES string of the molecule is CCCCOc1ccc2ncn3ncnc3c2c1. The minimum Gasteiger partial charge on any atom is -0.494 e. The molecule has 3 rings (SSSR count). The fourth-order valence-electron chi connectivity index (χ4n) is 1.88. The smallest absolute Gasteiger partial charge is 0.166 e. The van der Waals surface area contributed by atoms with Crippen LogP contribution in [0, 0.1) is 0 Å². The molecule has 0 N–H and O–H groups in total. The molecule has 0 atom stereocenters. The Morgan fingerprint density at radius 1 is 1.28 bits per heavy atom. The highest BCUT2D eigenvalue weighted by Crippen LogP contribution is 2.22. The molecule has 2 heterocycles. The Bertz CT molecular complexity index is 677. The van der Waals surface area contributed by atoms with E-state index >= 15 is 0 Å². The largest absolute Gasteiger partial charge is 0.494 e. The first kappa shape index (κ1) is 11.0. The van der Waals surface area contributed by atoms with Crippen LogP contribution in [0.4, 0.5) is 0 Å². The Kier molecular flexibility index (Phi) is 2.80. The van der Waals surface area contributed by atoms with E-state index in [1.165, 1.54) is 6.33 Å². The quantitative estimate of drug-likeness (QED) is 0.659. The molecule has 0 aliphatic carbocycles. The number of hydrogen-bond donors (Lipinski definition) is 0. The Morgan fingerprint density at radius 2 is 2.22 bits per heavy atom. The van der Waals surface area contributed by atoms with E-state index in [0.717, 1.165) is 41.7 Å². The lowest BCUT2D eigenvalue weighted by Gasteiger charge is -2.06. The third-order valence-electron chi connectivity index (χ3n) is 2.85. The van der Waals surface area contributed by atoms with Crippen LogP contribution in [-0.2, 0) is 0 Å². The summed E-state index contributed by atoms with van der Waals surface area (Å²) in [6.45, 7) is 2.89. The maximum Gasteiger partial charge on any atom is 0.166 e. The van der Waals surface area contributed by atoms with E-state index < -0.39 is 0 Å². The normalized spacial score (nSPS) is 11.2. The van der Waals surface area contributed by atoms with Crippen molar-refractivity contribution >= 4 is 16.6 Å². The number of benzene rings is 1. The highest BCUT2D eigenvalue weighted by atomic mass is 16.5. The maximum absolute atomic E-state index is 5.69. The van der Waals surface area contributed by atoms with Gasteiger partial charge in [-0.2, -0.15) is 5.10 Å². The number of hydrogen-bond acceptors (Lipinski definition) is 4. The van der Waals surface area contributed by atoms with Crippen molar-refractivity contribution in [1.82, 2.24) is 19.6 Å². The molecule has 0 amide bonds. The Hall–Kier alpha value is -2.17. The first-order valence-corrected chi connectivity index (χ1v) is 6.09. The van der Waals surface area contributed by atoms with Crippen LogP contribution in [0.3, 0.4) is 0 Å². The molecule has 92 valence electrons. The molecular weight excluding hydrogens is 228 g/mol. The van der Waals surface area contributed by atoms with Crippen molar-refractivity contribution in [2.45, 2.75) is 19.8 Å². The average molecular weight is 242 g/mol. The predicted octanol–water partition coefficient (Wildman–Crippen LogP) is 2.46. The topological polar surface area (TPSA) is 52.3 Å². The van der Waals surface area contributed by atoms with Crippen molar-refractivity contribution in [3.05, 3.63) is 30.9 Å². The van der Waals surface area contributed by atoms with Crippen LogP contribution in [0.15, 0.2) is 30.9 Å². The van der Waals surface area contributed by atoms with Crippen LogP contribution in [0.25, 0.3) is 16.6 Å². The van der Waals surface area contributed by atoms with E-state index in [1.54, 1.807) is 10.8 Å². The molecule has 0 spiro atoms. The van der Waals surface area contributed by atoms with Crippen molar-refractivity contribution in [2.75, 3.05) is 6.61 Å². The minimum absolute atomic E-state index is 0.741. The Balaban J connectivity index is 2.03. The second kappa shape index (κ2) is 4.60. The molecule has 5 heteroatoms. The van der Waals surface area contributed by atoms with Gasteiger partial charge in [-0.05, 0) is 24.6 Å². The summed E-state index contributed by atoms with van der Waals surface area (Å²) in [6.07, 6.45) is 5.39. The van der Waals surface area contributed by atoms with Crippen LogP contribution in [0.1, 0.15) is 19.8 Å². The van der Waals surface area contributed by atoms with Crippen LogP contribution < -0.4 is 4.74 Å². The fraction of sp³-hybridized carbons (Fsp3) is 0.308. The van der Waals surface area contributed by atoms with Gasteiger partial charge in [-0.1, -0.05) is 13.3 Å². The lowest BCUT2D eigenvalue weighted by Crippen LogP contribution is -1.97. The molecule has 0 aliphatic rings. The maximum atomic E-state index is 5.69. The molecule has 3 aromatic rings. The van der Waals surface area contributed by atoms with E-state index in [2.05, 4.69) is 22.0 Å². The van der Waals surface area contributed by atoms with Crippen LogP contribution in [0.5, 0.6) is 5.75 Å². The van der Waals surface area contributed by atoms with Crippen molar-refractivity contribution < 1.29 is 4.74 Å². The van der Waals surface area contributed by atoms with E-state index in [9.17, 15) is 0 Å². The zero-order valence-electron chi connectivity index (χ0n) is 10.2. The third-order valence-corrected chi connectivity index (χ3v) is 2.85. The highest BCUT2D eigenvalue weighted by molar-refractivity contribution is 5.91. The summed E-state index contributed by atoms with van der Waals surface area (Å²) in [6, 6.07) is 5.87. The third kappa shape index (κ3) is 1.88. The van der Waals surface area contributed by atoms with Gasteiger partial charge in [0.15, 0.2) is 5.65 Å². The highest BCUT2D eigenvalue weighted by Gasteiger charge is 2.05. The molecule has 0 bridgehead atoms. The molecule has 0 radical (unpaired) electrons. The van der Waals surface area contributed by atoms with Gasteiger partial charge in [-0.15, -0.1) is 0 Å². The summed E-state index contributed by atoms with van der Waals surface area (Å²) in [7, 11) is 0. The summed E-state index contributed by atoms with van der Waals surface area (Å²) >= 11 is 0. The van der Waals surface area contributed by atoms with Gasteiger partial charge in [0.05, 0.1) is 12.1 Å². The second-order valence-corrected chi connectivity index (χ2v) is 4.15. The van der Waals surface area contributed by atoms with Gasteiger partial charge in [-0.25, -0.2) is 14.5 Å². The Labute approximate surface area is 104 Å². The first-order chi connectivity index (χ1) is 8.88. The van der Waals surface area contributed by atoms with Gasteiger partial charge >= 0.3 is 0 Å². The molecule has 0 saturated heterocycles. The van der Waals surface area contributed by atoms with Crippen molar-refractivity contribution in [1.29, 1.82) is 0 Å².